The fourth-order valence-corrected chi connectivity index (χ4v) is 4.02. The molecule has 1 N–H and O–H groups in total. The van der Waals surface area contributed by atoms with Gasteiger partial charge in [0.2, 0.25) is 0 Å². The van der Waals surface area contributed by atoms with Crippen LogP contribution in [0.5, 0.6) is 0 Å². The number of piperidine rings is 1. The van der Waals surface area contributed by atoms with Crippen molar-refractivity contribution in [3.63, 3.8) is 0 Å². The van der Waals surface area contributed by atoms with E-state index in [0.29, 0.717) is 0 Å². The van der Waals surface area contributed by atoms with Crippen LogP contribution in [0.15, 0.2) is 0 Å². The first-order chi connectivity index (χ1) is 9.16. The largest absolute Gasteiger partial charge is 0.314 e. The summed E-state index contributed by atoms with van der Waals surface area (Å²) in [4.78, 5) is 2.84. The summed E-state index contributed by atoms with van der Waals surface area (Å²) >= 11 is 0. The van der Waals surface area contributed by atoms with Crippen LogP contribution >= 0.6 is 0 Å². The summed E-state index contributed by atoms with van der Waals surface area (Å²) < 4.78 is 0. The highest BCUT2D eigenvalue weighted by molar-refractivity contribution is 4.85. The Kier molecular flexibility index (Phi) is 6.15. The van der Waals surface area contributed by atoms with E-state index >= 15 is 0 Å². The van der Waals surface area contributed by atoms with Gasteiger partial charge in [0.1, 0.15) is 0 Å². The van der Waals surface area contributed by atoms with Crippen LogP contribution < -0.4 is 5.32 Å². The lowest BCUT2D eigenvalue weighted by Gasteiger charge is -2.38. The van der Waals surface area contributed by atoms with Crippen LogP contribution in [0.4, 0.5) is 0 Å². The van der Waals surface area contributed by atoms with Gasteiger partial charge in [-0.3, -0.25) is 4.90 Å². The topological polar surface area (TPSA) is 15.3 Å². The molecule has 2 unspecified atom stereocenters. The van der Waals surface area contributed by atoms with Crippen LogP contribution in [0.3, 0.4) is 0 Å². The van der Waals surface area contributed by atoms with E-state index in [-0.39, 0.29) is 0 Å². The minimum Gasteiger partial charge on any atom is -0.314 e. The van der Waals surface area contributed by atoms with E-state index in [4.69, 9.17) is 0 Å². The Morgan fingerprint density at radius 2 is 1.68 bits per heavy atom. The molecule has 0 radical (unpaired) electrons. The summed E-state index contributed by atoms with van der Waals surface area (Å²) in [5.74, 6) is 0.794. The predicted molar refractivity (Wildman–Crippen MR) is 83.5 cm³/mol. The third-order valence-corrected chi connectivity index (χ3v) is 4.97. The van der Waals surface area contributed by atoms with E-state index in [1.807, 2.05) is 0 Å². The van der Waals surface area contributed by atoms with Crippen molar-refractivity contribution in [3.05, 3.63) is 0 Å². The molecule has 2 rings (SSSR count). The second-order valence-electron chi connectivity index (χ2n) is 7.26. The summed E-state index contributed by atoms with van der Waals surface area (Å²) in [7, 11) is 0. The Labute approximate surface area is 120 Å². The smallest absolute Gasteiger partial charge is 0.00982 e. The van der Waals surface area contributed by atoms with Crippen LogP contribution in [0.25, 0.3) is 0 Å². The van der Waals surface area contributed by atoms with Crippen LogP contribution in [-0.4, -0.2) is 36.1 Å². The van der Waals surface area contributed by atoms with Gasteiger partial charge < -0.3 is 5.32 Å². The molecule has 1 aliphatic carbocycles. The third kappa shape index (κ3) is 4.75. The zero-order valence-corrected chi connectivity index (χ0v) is 13.3. The van der Waals surface area contributed by atoms with Crippen molar-refractivity contribution in [3.8, 4) is 0 Å². The number of rotatable bonds is 6. The highest BCUT2D eigenvalue weighted by Crippen LogP contribution is 2.27. The normalized spacial score (nSPS) is 27.3. The predicted octanol–water partition coefficient (Wildman–Crippen LogP) is 3.81. The molecule has 2 heteroatoms. The fourth-order valence-electron chi connectivity index (χ4n) is 4.02. The molecule has 0 amide bonds. The summed E-state index contributed by atoms with van der Waals surface area (Å²) in [5, 5.41) is 3.72. The van der Waals surface area contributed by atoms with Crippen molar-refractivity contribution in [2.75, 3.05) is 13.1 Å². The van der Waals surface area contributed by atoms with Crippen LogP contribution in [-0.2, 0) is 0 Å². The van der Waals surface area contributed by atoms with E-state index in [9.17, 15) is 0 Å². The second-order valence-corrected chi connectivity index (χ2v) is 7.26. The van der Waals surface area contributed by atoms with Crippen LogP contribution in [0.1, 0.15) is 72.1 Å². The van der Waals surface area contributed by atoms with Crippen molar-refractivity contribution in [1.29, 1.82) is 0 Å². The SMILES string of the molecule is CC(C)CN(C(C)CC1CCCCN1)C1CCCC1. The molecule has 1 heterocycles. The number of hydrogen-bond acceptors (Lipinski definition) is 2. The lowest BCUT2D eigenvalue weighted by molar-refractivity contribution is 0.111. The molecule has 2 atom stereocenters. The molecular weight excluding hydrogens is 232 g/mol. The first-order valence-corrected chi connectivity index (χ1v) is 8.66. The van der Waals surface area contributed by atoms with E-state index < -0.39 is 0 Å². The minimum atomic E-state index is 0.751. The van der Waals surface area contributed by atoms with E-state index in [1.54, 1.807) is 0 Å². The molecule has 0 spiro atoms. The standard InChI is InChI=1S/C17H34N2/c1-14(2)13-19(17-9-4-5-10-17)15(3)12-16-8-6-7-11-18-16/h14-18H,4-13H2,1-3H3. The lowest BCUT2D eigenvalue weighted by Crippen LogP contribution is -2.46. The van der Waals surface area contributed by atoms with E-state index in [2.05, 4.69) is 31.0 Å². The van der Waals surface area contributed by atoms with Crippen molar-refractivity contribution in [1.82, 2.24) is 10.2 Å². The fraction of sp³-hybridized carbons (Fsp3) is 1.00. The van der Waals surface area contributed by atoms with Gasteiger partial charge in [-0.15, -0.1) is 0 Å². The molecule has 19 heavy (non-hydrogen) atoms. The van der Waals surface area contributed by atoms with Gasteiger partial charge in [0, 0.05) is 24.7 Å². The van der Waals surface area contributed by atoms with Gasteiger partial charge in [-0.1, -0.05) is 33.1 Å². The molecule has 2 aliphatic rings. The molecule has 2 nitrogen and oxygen atoms in total. The maximum Gasteiger partial charge on any atom is 0.00982 e. The first-order valence-electron chi connectivity index (χ1n) is 8.66. The Hall–Kier alpha value is -0.0800. The molecule has 0 aromatic heterocycles. The Balaban J connectivity index is 1.87. The molecule has 1 aliphatic heterocycles. The second kappa shape index (κ2) is 7.64. The monoisotopic (exact) mass is 266 g/mol. The van der Waals surface area contributed by atoms with Gasteiger partial charge in [-0.05, 0) is 51.5 Å². The first kappa shape index (κ1) is 15.3. The van der Waals surface area contributed by atoms with Crippen LogP contribution in [0, 0.1) is 5.92 Å². The maximum atomic E-state index is 3.72. The number of nitrogens with zero attached hydrogens (tertiary/aromatic N) is 1. The number of nitrogens with one attached hydrogen (secondary N) is 1. The van der Waals surface area contributed by atoms with E-state index in [0.717, 1.165) is 24.0 Å². The van der Waals surface area contributed by atoms with E-state index in [1.165, 1.54) is 64.5 Å². The van der Waals surface area contributed by atoms with Gasteiger partial charge in [-0.2, -0.15) is 0 Å². The number of hydrogen-bond donors (Lipinski definition) is 1. The molecular formula is C17H34N2. The molecule has 0 aromatic rings. The van der Waals surface area contributed by atoms with Crippen molar-refractivity contribution in [2.45, 2.75) is 90.3 Å². The molecule has 0 bridgehead atoms. The molecule has 1 saturated heterocycles. The summed E-state index contributed by atoms with van der Waals surface area (Å²) in [6, 6.07) is 2.40. The van der Waals surface area contributed by atoms with Crippen molar-refractivity contribution < 1.29 is 0 Å². The van der Waals surface area contributed by atoms with Gasteiger partial charge >= 0.3 is 0 Å². The van der Waals surface area contributed by atoms with Gasteiger partial charge in [-0.25, -0.2) is 0 Å². The van der Waals surface area contributed by atoms with Crippen molar-refractivity contribution in [2.24, 2.45) is 5.92 Å². The molecule has 1 saturated carbocycles. The molecule has 112 valence electrons. The highest BCUT2D eigenvalue weighted by atomic mass is 15.2. The van der Waals surface area contributed by atoms with Gasteiger partial charge in [0.05, 0.1) is 0 Å². The summed E-state index contributed by atoms with van der Waals surface area (Å²) in [6.45, 7) is 9.74. The zero-order valence-electron chi connectivity index (χ0n) is 13.3. The van der Waals surface area contributed by atoms with Crippen molar-refractivity contribution >= 4 is 0 Å². The van der Waals surface area contributed by atoms with Crippen LogP contribution in [0.2, 0.25) is 0 Å². The average Bonchev–Trinajstić information content (AvgIpc) is 2.90. The quantitative estimate of drug-likeness (QED) is 0.786. The molecule has 2 fully saturated rings. The lowest BCUT2D eigenvalue weighted by atomic mass is 9.96. The highest BCUT2D eigenvalue weighted by Gasteiger charge is 2.28. The van der Waals surface area contributed by atoms with Gasteiger partial charge in [0.25, 0.3) is 0 Å². The Morgan fingerprint density at radius 3 is 2.26 bits per heavy atom. The van der Waals surface area contributed by atoms with Gasteiger partial charge in [0.15, 0.2) is 0 Å². The summed E-state index contributed by atoms with van der Waals surface area (Å²) in [5.41, 5.74) is 0. The maximum absolute atomic E-state index is 3.72. The Bertz CT molecular complexity index is 240. The summed E-state index contributed by atoms with van der Waals surface area (Å²) in [6.07, 6.45) is 11.3. The molecule has 0 aromatic carbocycles. The average molecular weight is 266 g/mol. The minimum absolute atomic E-state index is 0.751. The Morgan fingerprint density at radius 1 is 1.00 bits per heavy atom. The third-order valence-electron chi connectivity index (χ3n) is 4.97. The zero-order chi connectivity index (χ0) is 13.7.